The molecule has 10 heteroatoms. The number of carbonyl (C=O) groups is 2. The van der Waals surface area contributed by atoms with Gasteiger partial charge in [-0.25, -0.2) is 13.1 Å². The minimum Gasteiger partial charge on any atom is -0.482 e. The molecule has 0 saturated carbocycles. The van der Waals surface area contributed by atoms with Gasteiger partial charge in [0.1, 0.15) is 5.75 Å². The number of benzene rings is 2. The van der Waals surface area contributed by atoms with E-state index in [4.69, 9.17) is 21.1 Å². The van der Waals surface area contributed by atoms with Crippen molar-refractivity contribution in [3.63, 3.8) is 0 Å². The number of hydrogen-bond donors (Lipinski definition) is 1. The topological polar surface area (TPSA) is 102 Å². The zero-order valence-corrected chi connectivity index (χ0v) is 20.8. The summed E-state index contributed by atoms with van der Waals surface area (Å²) in [5.74, 6) is -0.424. The van der Waals surface area contributed by atoms with E-state index < -0.39 is 16.1 Å². The molecule has 184 valence electrons. The first-order chi connectivity index (χ1) is 16.2. The van der Waals surface area contributed by atoms with Crippen LogP contribution in [0.25, 0.3) is 0 Å². The van der Waals surface area contributed by atoms with Crippen molar-refractivity contribution in [1.82, 2.24) is 9.62 Å². The van der Waals surface area contributed by atoms with Crippen LogP contribution >= 0.6 is 11.6 Å². The minimum absolute atomic E-state index is 0.00000433. The third kappa shape index (κ3) is 6.71. The largest absolute Gasteiger partial charge is 0.482 e. The normalized spacial score (nSPS) is 15.6. The summed E-state index contributed by atoms with van der Waals surface area (Å²) in [6.07, 6.45) is 1.10. The first-order valence-corrected chi connectivity index (χ1v) is 13.0. The summed E-state index contributed by atoms with van der Waals surface area (Å²) in [5.41, 5.74) is 0.835. The predicted octanol–water partition coefficient (Wildman–Crippen LogP) is 3.56. The van der Waals surface area contributed by atoms with Crippen LogP contribution < -0.4 is 9.46 Å². The van der Waals surface area contributed by atoms with Gasteiger partial charge in [0.2, 0.25) is 10.0 Å². The number of nitrogens with one attached hydrogen (secondary N) is 1. The molecule has 1 atom stereocenters. The average Bonchev–Trinajstić information content (AvgIpc) is 2.83. The molecule has 1 unspecified atom stereocenters. The van der Waals surface area contributed by atoms with E-state index >= 15 is 0 Å². The Bertz CT molecular complexity index is 1100. The molecule has 0 radical (unpaired) electrons. The van der Waals surface area contributed by atoms with Crippen molar-refractivity contribution >= 4 is 33.5 Å². The van der Waals surface area contributed by atoms with Crippen molar-refractivity contribution in [3.05, 3.63) is 59.1 Å². The van der Waals surface area contributed by atoms with Crippen LogP contribution in [0, 0.1) is 5.92 Å². The highest BCUT2D eigenvalue weighted by atomic mass is 35.5. The van der Waals surface area contributed by atoms with Gasteiger partial charge in [-0.1, -0.05) is 41.9 Å². The Morgan fingerprint density at radius 2 is 1.82 bits per heavy atom. The Morgan fingerprint density at radius 1 is 1.15 bits per heavy atom. The fraction of sp³-hybridized carbons (Fsp3) is 0.417. The van der Waals surface area contributed by atoms with Gasteiger partial charge in [-0.15, -0.1) is 0 Å². The van der Waals surface area contributed by atoms with Crippen LogP contribution in [0.1, 0.15) is 38.3 Å². The number of ether oxygens (including phenoxy) is 2. The molecule has 3 rings (SSSR count). The molecular weight excluding hydrogens is 480 g/mol. The summed E-state index contributed by atoms with van der Waals surface area (Å²) >= 11 is 6.25. The second-order valence-corrected chi connectivity index (χ2v) is 10.2. The molecule has 1 fully saturated rings. The molecule has 1 amide bonds. The van der Waals surface area contributed by atoms with Crippen molar-refractivity contribution in [1.29, 1.82) is 0 Å². The molecule has 8 nitrogen and oxygen atoms in total. The van der Waals surface area contributed by atoms with Crippen LogP contribution in [0.3, 0.4) is 0 Å². The number of amides is 1. The molecule has 2 aromatic carbocycles. The highest BCUT2D eigenvalue weighted by Gasteiger charge is 2.28. The van der Waals surface area contributed by atoms with Gasteiger partial charge in [0, 0.05) is 19.1 Å². The van der Waals surface area contributed by atoms with Crippen LogP contribution in [0.2, 0.25) is 5.02 Å². The molecule has 0 aliphatic carbocycles. The number of sulfonamides is 1. The van der Waals surface area contributed by atoms with Gasteiger partial charge in [-0.3, -0.25) is 9.59 Å². The van der Waals surface area contributed by atoms with Crippen LogP contribution in [0.5, 0.6) is 5.75 Å². The lowest BCUT2D eigenvalue weighted by Gasteiger charge is -2.30. The average molecular weight is 509 g/mol. The van der Waals surface area contributed by atoms with Crippen molar-refractivity contribution < 1.29 is 27.5 Å². The fourth-order valence-corrected chi connectivity index (χ4v) is 5.29. The SMILES string of the molecule is CCOC(=O)C1CCN(C(=O)COc2ccc(S(=O)(=O)NC(C)c3ccccc3)cc2Cl)CC1. The lowest BCUT2D eigenvalue weighted by Crippen LogP contribution is -2.42. The number of esters is 1. The molecule has 0 spiro atoms. The predicted molar refractivity (Wildman–Crippen MR) is 128 cm³/mol. The number of rotatable bonds is 9. The summed E-state index contributed by atoms with van der Waals surface area (Å²) in [7, 11) is -3.81. The molecule has 1 aliphatic heterocycles. The maximum atomic E-state index is 12.8. The smallest absolute Gasteiger partial charge is 0.309 e. The molecule has 34 heavy (non-hydrogen) atoms. The van der Waals surface area contributed by atoms with E-state index in [0.717, 1.165) is 5.56 Å². The maximum absolute atomic E-state index is 12.8. The van der Waals surface area contributed by atoms with E-state index in [1.165, 1.54) is 18.2 Å². The van der Waals surface area contributed by atoms with Gasteiger partial charge in [0.15, 0.2) is 6.61 Å². The van der Waals surface area contributed by atoms with Crippen LogP contribution in [-0.4, -0.2) is 51.5 Å². The van der Waals surface area contributed by atoms with E-state index in [1.807, 2.05) is 30.3 Å². The first-order valence-electron chi connectivity index (χ1n) is 11.1. The van der Waals surface area contributed by atoms with E-state index in [9.17, 15) is 18.0 Å². The van der Waals surface area contributed by atoms with Crippen LogP contribution in [0.4, 0.5) is 0 Å². The van der Waals surface area contributed by atoms with E-state index in [1.54, 1.807) is 18.7 Å². The van der Waals surface area contributed by atoms with Crippen LogP contribution in [0.15, 0.2) is 53.4 Å². The third-order valence-corrected chi connectivity index (χ3v) is 7.50. The Balaban J connectivity index is 1.55. The van der Waals surface area contributed by atoms with Gasteiger partial charge in [0.05, 0.1) is 22.4 Å². The molecule has 1 N–H and O–H groups in total. The quantitative estimate of drug-likeness (QED) is 0.520. The second kappa shape index (κ2) is 11.7. The standard InChI is InChI=1S/C24H29ClN2O6S/c1-3-32-24(29)19-11-13-27(14-12-19)23(28)16-33-22-10-9-20(15-21(22)25)34(30,31)26-17(2)18-7-5-4-6-8-18/h4-10,15,17,19,26H,3,11-14,16H2,1-2H3. The fourth-order valence-electron chi connectivity index (χ4n) is 3.73. The monoisotopic (exact) mass is 508 g/mol. The Morgan fingerprint density at radius 3 is 2.44 bits per heavy atom. The molecule has 1 saturated heterocycles. The minimum atomic E-state index is -3.81. The number of halogens is 1. The van der Waals surface area contributed by atoms with Gasteiger partial charge in [-0.2, -0.15) is 0 Å². The van der Waals surface area contributed by atoms with Crippen molar-refractivity contribution in [2.75, 3.05) is 26.3 Å². The van der Waals surface area contributed by atoms with Crippen molar-refractivity contribution in [2.45, 2.75) is 37.6 Å². The highest BCUT2D eigenvalue weighted by Crippen LogP contribution is 2.28. The summed E-state index contributed by atoms with van der Waals surface area (Å²) < 4.78 is 38.7. The highest BCUT2D eigenvalue weighted by molar-refractivity contribution is 7.89. The first kappa shape index (κ1) is 26.0. The zero-order valence-electron chi connectivity index (χ0n) is 19.2. The number of nitrogens with zero attached hydrogens (tertiary/aromatic N) is 1. The molecule has 1 aliphatic rings. The molecule has 2 aromatic rings. The second-order valence-electron chi connectivity index (χ2n) is 8.04. The Kier molecular flexibility index (Phi) is 8.93. The third-order valence-electron chi connectivity index (χ3n) is 5.66. The summed E-state index contributed by atoms with van der Waals surface area (Å²) in [6.45, 7) is 4.52. The number of piperidine rings is 1. The number of carbonyl (C=O) groups excluding carboxylic acids is 2. The lowest BCUT2D eigenvalue weighted by molar-refractivity contribution is -0.151. The Labute approximate surface area is 205 Å². The molecule has 0 bridgehead atoms. The van der Waals surface area contributed by atoms with E-state index in [2.05, 4.69) is 4.72 Å². The lowest BCUT2D eigenvalue weighted by atomic mass is 9.97. The van der Waals surface area contributed by atoms with Gasteiger partial charge in [-0.05, 0) is 50.5 Å². The maximum Gasteiger partial charge on any atom is 0.309 e. The van der Waals surface area contributed by atoms with Crippen molar-refractivity contribution in [2.24, 2.45) is 5.92 Å². The summed E-state index contributed by atoms with van der Waals surface area (Å²) in [6, 6.07) is 12.9. The van der Waals surface area contributed by atoms with Gasteiger partial charge < -0.3 is 14.4 Å². The number of likely N-dealkylation sites (tertiary alicyclic amines) is 1. The molecule has 0 aromatic heterocycles. The van der Waals surface area contributed by atoms with Gasteiger partial charge >= 0.3 is 5.97 Å². The van der Waals surface area contributed by atoms with Crippen molar-refractivity contribution in [3.8, 4) is 5.75 Å². The molecule has 1 heterocycles. The molecular formula is C24H29ClN2O6S. The Hall–Kier alpha value is -2.62. The summed E-state index contributed by atoms with van der Waals surface area (Å²) in [5, 5.41) is 0.0871. The van der Waals surface area contributed by atoms with Gasteiger partial charge in [0.25, 0.3) is 5.91 Å². The zero-order chi connectivity index (χ0) is 24.7. The number of hydrogen-bond acceptors (Lipinski definition) is 6. The summed E-state index contributed by atoms with van der Waals surface area (Å²) in [4.78, 5) is 26.0. The van der Waals surface area contributed by atoms with E-state index in [0.29, 0.717) is 32.5 Å². The van der Waals surface area contributed by atoms with Crippen LogP contribution in [-0.2, 0) is 24.3 Å². The van der Waals surface area contributed by atoms with E-state index in [-0.39, 0.29) is 40.1 Å².